The van der Waals surface area contributed by atoms with E-state index < -0.39 is 66.5 Å². The SMILES string of the molecule is CC(O)C(NC(=O)C(Cc1ccc(O)cc1)NC(=O)C(N)CO)C(=O)NC(CCC(N)=O)C(=O)O. The zero-order valence-electron chi connectivity index (χ0n) is 19.0. The number of rotatable bonds is 14. The number of aliphatic hydroxyl groups is 2. The Labute approximate surface area is 200 Å². The molecule has 11 N–H and O–H groups in total. The molecule has 5 atom stereocenters. The van der Waals surface area contributed by atoms with Gasteiger partial charge < -0.3 is 47.8 Å². The number of hydrogen-bond acceptors (Lipinski definition) is 9. The molecule has 1 rings (SSSR count). The summed E-state index contributed by atoms with van der Waals surface area (Å²) < 4.78 is 0. The highest BCUT2D eigenvalue weighted by molar-refractivity contribution is 5.94. The van der Waals surface area contributed by atoms with E-state index in [9.17, 15) is 39.3 Å². The summed E-state index contributed by atoms with van der Waals surface area (Å²) in [5.41, 5.74) is 11.0. The standard InChI is InChI=1S/C21H31N5O9/c1-10(28)17(20(33)24-14(21(34)35)6-7-16(23)30)26-19(32)15(25-18(31)13(22)9-27)8-11-2-4-12(29)5-3-11/h2-5,10,13-15,17,27-29H,6-9,22H2,1H3,(H2,23,30)(H,24,33)(H,25,31)(H,26,32)(H,34,35). The predicted octanol–water partition coefficient (Wildman–Crippen LogP) is -3.56. The molecular weight excluding hydrogens is 466 g/mol. The summed E-state index contributed by atoms with van der Waals surface area (Å²) in [4.78, 5) is 60.1. The minimum Gasteiger partial charge on any atom is -0.508 e. The lowest BCUT2D eigenvalue weighted by Gasteiger charge is -2.26. The molecule has 0 saturated heterocycles. The fourth-order valence-electron chi connectivity index (χ4n) is 2.90. The van der Waals surface area contributed by atoms with Crippen molar-refractivity contribution in [1.82, 2.24) is 16.0 Å². The van der Waals surface area contributed by atoms with Crippen LogP contribution >= 0.6 is 0 Å². The van der Waals surface area contributed by atoms with E-state index in [4.69, 9.17) is 16.6 Å². The van der Waals surface area contributed by atoms with Gasteiger partial charge in [-0.15, -0.1) is 0 Å². The molecule has 0 spiro atoms. The number of hydrogen-bond donors (Lipinski definition) is 9. The Morgan fingerprint density at radius 1 is 0.943 bits per heavy atom. The molecule has 0 saturated carbocycles. The van der Waals surface area contributed by atoms with Crippen LogP contribution in [0.15, 0.2) is 24.3 Å². The molecular formula is C21H31N5O9. The number of amides is 4. The second-order valence-electron chi connectivity index (χ2n) is 7.85. The lowest BCUT2D eigenvalue weighted by atomic mass is 10.0. The monoisotopic (exact) mass is 497 g/mol. The molecule has 0 aliphatic heterocycles. The maximum absolute atomic E-state index is 13.0. The topological polar surface area (TPSA) is 254 Å². The quantitative estimate of drug-likeness (QED) is 0.122. The van der Waals surface area contributed by atoms with Gasteiger partial charge in [0, 0.05) is 12.8 Å². The van der Waals surface area contributed by atoms with Crippen LogP contribution in [0.25, 0.3) is 0 Å². The highest BCUT2D eigenvalue weighted by atomic mass is 16.4. The van der Waals surface area contributed by atoms with E-state index in [1.165, 1.54) is 31.2 Å². The van der Waals surface area contributed by atoms with Gasteiger partial charge in [-0.2, -0.15) is 0 Å². The molecule has 14 heteroatoms. The van der Waals surface area contributed by atoms with E-state index in [-0.39, 0.29) is 25.0 Å². The van der Waals surface area contributed by atoms with Gasteiger partial charge in [0.15, 0.2) is 0 Å². The number of carboxylic acids is 1. The third-order valence-electron chi connectivity index (χ3n) is 4.90. The largest absolute Gasteiger partial charge is 0.508 e. The van der Waals surface area contributed by atoms with Crippen molar-refractivity contribution in [1.29, 1.82) is 0 Å². The molecule has 0 aliphatic carbocycles. The first-order chi connectivity index (χ1) is 16.3. The number of carboxylic acid groups (broad SMARTS) is 1. The van der Waals surface area contributed by atoms with Crippen molar-refractivity contribution in [2.45, 2.75) is 56.5 Å². The summed E-state index contributed by atoms with van der Waals surface area (Å²) in [7, 11) is 0. The van der Waals surface area contributed by atoms with Gasteiger partial charge >= 0.3 is 5.97 Å². The molecule has 0 aliphatic rings. The third-order valence-corrected chi connectivity index (χ3v) is 4.90. The van der Waals surface area contributed by atoms with Gasteiger partial charge in [0.05, 0.1) is 12.7 Å². The van der Waals surface area contributed by atoms with Crippen molar-refractivity contribution in [3.05, 3.63) is 29.8 Å². The van der Waals surface area contributed by atoms with Crippen LogP contribution in [-0.2, 0) is 30.4 Å². The van der Waals surface area contributed by atoms with Crippen molar-refractivity contribution < 1.29 is 44.4 Å². The van der Waals surface area contributed by atoms with E-state index in [1.807, 2.05) is 0 Å². The molecule has 1 aromatic rings. The minimum atomic E-state index is -1.62. The number of phenols is 1. The number of nitrogens with one attached hydrogen (secondary N) is 3. The van der Waals surface area contributed by atoms with E-state index in [0.717, 1.165) is 0 Å². The molecule has 0 fully saturated rings. The maximum Gasteiger partial charge on any atom is 0.326 e. The number of benzene rings is 1. The van der Waals surface area contributed by atoms with E-state index in [0.29, 0.717) is 5.56 Å². The summed E-state index contributed by atoms with van der Waals surface area (Å²) in [5, 5.41) is 44.6. The number of aromatic hydroxyl groups is 1. The fourth-order valence-corrected chi connectivity index (χ4v) is 2.90. The highest BCUT2D eigenvalue weighted by Crippen LogP contribution is 2.12. The first-order valence-corrected chi connectivity index (χ1v) is 10.6. The normalized spacial score (nSPS) is 15.1. The molecule has 0 radical (unpaired) electrons. The van der Waals surface area contributed by atoms with Gasteiger partial charge in [-0.05, 0) is 31.0 Å². The van der Waals surface area contributed by atoms with Crippen molar-refractivity contribution in [3.8, 4) is 5.75 Å². The van der Waals surface area contributed by atoms with Crippen LogP contribution in [0, 0.1) is 0 Å². The van der Waals surface area contributed by atoms with E-state index in [2.05, 4.69) is 16.0 Å². The summed E-state index contributed by atoms with van der Waals surface area (Å²) in [6, 6.07) is -0.0878. The maximum atomic E-state index is 13.0. The smallest absolute Gasteiger partial charge is 0.326 e. The second-order valence-corrected chi connectivity index (χ2v) is 7.85. The molecule has 1 aromatic carbocycles. The number of phenolic OH excluding ortho intramolecular Hbond substituents is 1. The van der Waals surface area contributed by atoms with Crippen molar-refractivity contribution in [3.63, 3.8) is 0 Å². The number of primary amides is 1. The highest BCUT2D eigenvalue weighted by Gasteiger charge is 2.32. The van der Waals surface area contributed by atoms with Gasteiger partial charge in [0.25, 0.3) is 0 Å². The van der Waals surface area contributed by atoms with Crippen molar-refractivity contribution in [2.24, 2.45) is 11.5 Å². The van der Waals surface area contributed by atoms with Crippen LogP contribution in [0.2, 0.25) is 0 Å². The Bertz CT molecular complexity index is 907. The molecule has 0 aromatic heterocycles. The fraction of sp³-hybridized carbons (Fsp3) is 0.476. The summed E-state index contributed by atoms with van der Waals surface area (Å²) in [5.74, 6) is -5.09. The number of aliphatic hydroxyl groups excluding tert-OH is 2. The Morgan fingerprint density at radius 2 is 1.51 bits per heavy atom. The number of aliphatic carboxylic acids is 1. The van der Waals surface area contributed by atoms with Crippen molar-refractivity contribution >= 4 is 29.6 Å². The Morgan fingerprint density at radius 3 is 2.00 bits per heavy atom. The summed E-state index contributed by atoms with van der Waals surface area (Å²) in [6.07, 6.45) is -2.22. The lowest BCUT2D eigenvalue weighted by molar-refractivity contribution is -0.143. The van der Waals surface area contributed by atoms with Gasteiger partial charge in [-0.1, -0.05) is 12.1 Å². The number of carbonyl (C=O) groups excluding carboxylic acids is 4. The number of carbonyl (C=O) groups is 5. The van der Waals surface area contributed by atoms with Crippen LogP contribution in [0.1, 0.15) is 25.3 Å². The molecule has 5 unspecified atom stereocenters. The lowest BCUT2D eigenvalue weighted by Crippen LogP contribution is -2.60. The van der Waals surface area contributed by atoms with Crippen LogP contribution in [0.3, 0.4) is 0 Å². The Balaban J connectivity index is 3.06. The molecule has 194 valence electrons. The van der Waals surface area contributed by atoms with Crippen LogP contribution in [0.5, 0.6) is 5.75 Å². The van der Waals surface area contributed by atoms with Gasteiger partial charge in [0.2, 0.25) is 23.6 Å². The first kappa shape index (κ1) is 29.3. The number of nitrogens with two attached hydrogens (primary N) is 2. The summed E-state index contributed by atoms with van der Waals surface area (Å²) >= 11 is 0. The van der Waals surface area contributed by atoms with E-state index in [1.54, 1.807) is 0 Å². The molecule has 0 heterocycles. The van der Waals surface area contributed by atoms with Gasteiger partial charge in [0.1, 0.15) is 29.9 Å². The van der Waals surface area contributed by atoms with Crippen molar-refractivity contribution in [2.75, 3.05) is 6.61 Å². The van der Waals surface area contributed by atoms with Crippen LogP contribution < -0.4 is 27.4 Å². The summed E-state index contributed by atoms with van der Waals surface area (Å²) in [6.45, 7) is 0.485. The zero-order chi connectivity index (χ0) is 26.7. The Kier molecular flexibility index (Phi) is 11.6. The first-order valence-electron chi connectivity index (χ1n) is 10.6. The van der Waals surface area contributed by atoms with Crippen LogP contribution in [-0.4, -0.2) is 86.9 Å². The van der Waals surface area contributed by atoms with Gasteiger partial charge in [-0.3, -0.25) is 19.2 Å². The molecule has 35 heavy (non-hydrogen) atoms. The van der Waals surface area contributed by atoms with Gasteiger partial charge in [-0.25, -0.2) is 4.79 Å². The molecule has 14 nitrogen and oxygen atoms in total. The molecule has 4 amide bonds. The second kappa shape index (κ2) is 13.8. The van der Waals surface area contributed by atoms with Crippen LogP contribution in [0.4, 0.5) is 0 Å². The average molecular weight is 498 g/mol. The zero-order valence-corrected chi connectivity index (χ0v) is 19.0. The Hall–Kier alpha value is -3.75. The van der Waals surface area contributed by atoms with E-state index >= 15 is 0 Å². The molecule has 0 bridgehead atoms. The third kappa shape index (κ3) is 9.95. The minimum absolute atomic E-state index is 0.0312. The average Bonchev–Trinajstić information content (AvgIpc) is 2.79. The predicted molar refractivity (Wildman–Crippen MR) is 120 cm³/mol.